The van der Waals surface area contributed by atoms with E-state index >= 15 is 0 Å². The number of nitro benzene ring substituents is 1. The number of nitro groups is 1. The molecule has 0 radical (unpaired) electrons. The number of hydrogen-bond acceptors (Lipinski definition) is 5. The molecule has 0 spiro atoms. The molecule has 1 heterocycles. The fraction of sp³-hybridized carbons (Fsp3) is 0.0588. The predicted octanol–water partition coefficient (Wildman–Crippen LogP) is 4.95. The van der Waals surface area contributed by atoms with E-state index < -0.39 is 10.7 Å². The molecule has 0 fully saturated rings. The molecule has 6 nitrogen and oxygen atoms in total. The fourth-order valence-corrected chi connectivity index (χ4v) is 2.37. The Kier molecular flexibility index (Phi) is 4.58. The highest BCUT2D eigenvalue weighted by Gasteiger charge is 2.15. The van der Waals surface area contributed by atoms with Gasteiger partial charge in [0.2, 0.25) is 5.28 Å². The Balaban J connectivity index is 2.02. The summed E-state index contributed by atoms with van der Waals surface area (Å²) in [7, 11) is 0. The van der Waals surface area contributed by atoms with Gasteiger partial charge in [-0.15, -0.1) is 0 Å². The van der Waals surface area contributed by atoms with Gasteiger partial charge in [-0.25, -0.2) is 14.4 Å². The van der Waals surface area contributed by atoms with Crippen molar-refractivity contribution in [1.29, 1.82) is 0 Å². The molecule has 25 heavy (non-hydrogen) atoms. The van der Waals surface area contributed by atoms with Crippen LogP contribution in [0.5, 0.6) is 11.5 Å². The summed E-state index contributed by atoms with van der Waals surface area (Å²) in [5.74, 6) is -0.620. The van der Waals surface area contributed by atoms with Crippen molar-refractivity contribution in [3.8, 4) is 22.8 Å². The zero-order valence-corrected chi connectivity index (χ0v) is 13.7. The van der Waals surface area contributed by atoms with Gasteiger partial charge in [0.05, 0.1) is 16.7 Å². The van der Waals surface area contributed by atoms with Crippen molar-refractivity contribution >= 4 is 17.3 Å². The Morgan fingerprint density at radius 1 is 1.16 bits per heavy atom. The van der Waals surface area contributed by atoms with E-state index in [1.807, 2.05) is 13.0 Å². The lowest BCUT2D eigenvalue weighted by atomic mass is 10.1. The molecule has 0 saturated heterocycles. The molecule has 0 unspecified atom stereocenters. The maximum absolute atomic E-state index is 14.1. The molecule has 3 aromatic rings. The Labute approximate surface area is 147 Å². The van der Waals surface area contributed by atoms with E-state index in [2.05, 4.69) is 9.97 Å². The van der Waals surface area contributed by atoms with Crippen LogP contribution in [0.1, 0.15) is 5.56 Å². The topological polar surface area (TPSA) is 78.2 Å². The summed E-state index contributed by atoms with van der Waals surface area (Å²) in [6.45, 7) is 1.89. The highest BCUT2D eigenvalue weighted by molar-refractivity contribution is 6.28. The summed E-state index contributed by atoms with van der Waals surface area (Å²) in [5, 5.41) is 10.8. The first-order valence-electron chi connectivity index (χ1n) is 7.15. The number of ether oxygens (including phenoxy) is 1. The van der Waals surface area contributed by atoms with Gasteiger partial charge < -0.3 is 4.74 Å². The van der Waals surface area contributed by atoms with E-state index in [-0.39, 0.29) is 16.7 Å². The number of benzene rings is 2. The van der Waals surface area contributed by atoms with Crippen LogP contribution in [-0.2, 0) is 0 Å². The summed E-state index contributed by atoms with van der Waals surface area (Å²) >= 11 is 5.83. The lowest BCUT2D eigenvalue weighted by molar-refractivity contribution is -0.385. The standard InChI is InChI=1S/C17H11ClFN3O3/c1-10-2-4-15(12(8-10)14-6-7-20-17(18)21-14)25-16-5-3-11(22(23)24)9-13(16)19/h2-9H,1H3. The summed E-state index contributed by atoms with van der Waals surface area (Å²) in [6.07, 6.45) is 1.50. The lowest BCUT2D eigenvalue weighted by Crippen LogP contribution is -1.95. The lowest BCUT2D eigenvalue weighted by Gasteiger charge is -2.12. The van der Waals surface area contributed by atoms with Crippen molar-refractivity contribution in [3.63, 3.8) is 0 Å². The summed E-state index contributed by atoms with van der Waals surface area (Å²) < 4.78 is 19.7. The van der Waals surface area contributed by atoms with Crippen LogP contribution >= 0.6 is 11.6 Å². The minimum Gasteiger partial charge on any atom is -0.454 e. The van der Waals surface area contributed by atoms with Crippen LogP contribution in [0.25, 0.3) is 11.3 Å². The fourth-order valence-electron chi connectivity index (χ4n) is 2.22. The number of aryl methyl sites for hydroxylation is 1. The molecule has 0 atom stereocenters. The highest BCUT2D eigenvalue weighted by Crippen LogP contribution is 2.35. The molecule has 0 aliphatic rings. The number of rotatable bonds is 4. The molecular formula is C17H11ClFN3O3. The average Bonchev–Trinajstić information content (AvgIpc) is 2.58. The molecule has 0 amide bonds. The van der Waals surface area contributed by atoms with Crippen LogP contribution < -0.4 is 4.74 Å². The largest absolute Gasteiger partial charge is 0.454 e. The second kappa shape index (κ2) is 6.82. The monoisotopic (exact) mass is 359 g/mol. The number of halogens is 2. The molecule has 1 aromatic heterocycles. The van der Waals surface area contributed by atoms with Crippen molar-refractivity contribution in [3.05, 3.63) is 75.4 Å². The van der Waals surface area contributed by atoms with Gasteiger partial charge in [0, 0.05) is 17.8 Å². The number of non-ortho nitro benzene ring substituents is 1. The van der Waals surface area contributed by atoms with Crippen LogP contribution in [-0.4, -0.2) is 14.9 Å². The van der Waals surface area contributed by atoms with Gasteiger partial charge in [-0.2, -0.15) is 0 Å². The van der Waals surface area contributed by atoms with E-state index in [9.17, 15) is 14.5 Å². The second-order valence-corrected chi connectivity index (χ2v) is 5.52. The van der Waals surface area contributed by atoms with Crippen molar-refractivity contribution in [1.82, 2.24) is 9.97 Å². The molecule has 0 bridgehead atoms. The summed E-state index contributed by atoms with van der Waals surface area (Å²) in [5.41, 5.74) is 1.71. The van der Waals surface area contributed by atoms with Crippen molar-refractivity contribution in [2.45, 2.75) is 6.92 Å². The normalized spacial score (nSPS) is 10.5. The van der Waals surface area contributed by atoms with Crippen molar-refractivity contribution in [2.75, 3.05) is 0 Å². The molecule has 8 heteroatoms. The van der Waals surface area contributed by atoms with Gasteiger partial charge in [0.25, 0.3) is 5.69 Å². The molecule has 0 aliphatic carbocycles. The maximum atomic E-state index is 14.1. The minimum atomic E-state index is -0.832. The zero-order chi connectivity index (χ0) is 18.0. The van der Waals surface area contributed by atoms with Crippen LogP contribution in [0, 0.1) is 22.9 Å². The molecule has 0 N–H and O–H groups in total. The third-order valence-corrected chi connectivity index (χ3v) is 3.57. The quantitative estimate of drug-likeness (QED) is 0.374. The second-order valence-electron chi connectivity index (χ2n) is 5.18. The van der Waals surface area contributed by atoms with Crippen LogP contribution in [0.3, 0.4) is 0 Å². The number of hydrogen-bond donors (Lipinski definition) is 0. The Hall–Kier alpha value is -3.06. The Bertz CT molecular complexity index is 966. The van der Waals surface area contributed by atoms with E-state index in [1.165, 1.54) is 18.3 Å². The first kappa shape index (κ1) is 16.8. The van der Waals surface area contributed by atoms with Gasteiger partial charge in [-0.3, -0.25) is 10.1 Å². The molecular weight excluding hydrogens is 349 g/mol. The summed E-state index contributed by atoms with van der Waals surface area (Å²) in [6, 6.07) is 10.1. The Morgan fingerprint density at radius 2 is 1.92 bits per heavy atom. The molecule has 3 rings (SSSR count). The average molecular weight is 360 g/mol. The molecule has 126 valence electrons. The number of aromatic nitrogens is 2. The van der Waals surface area contributed by atoms with E-state index in [4.69, 9.17) is 16.3 Å². The van der Waals surface area contributed by atoms with Crippen LogP contribution in [0.15, 0.2) is 48.7 Å². The molecule has 0 saturated carbocycles. The third kappa shape index (κ3) is 3.72. The summed E-state index contributed by atoms with van der Waals surface area (Å²) in [4.78, 5) is 18.0. The van der Waals surface area contributed by atoms with Gasteiger partial charge in [0.15, 0.2) is 11.6 Å². The van der Waals surface area contributed by atoms with E-state index in [0.29, 0.717) is 17.0 Å². The first-order valence-corrected chi connectivity index (χ1v) is 7.53. The maximum Gasteiger partial charge on any atom is 0.272 e. The molecule has 2 aromatic carbocycles. The zero-order valence-electron chi connectivity index (χ0n) is 12.9. The van der Waals surface area contributed by atoms with E-state index in [1.54, 1.807) is 18.2 Å². The number of nitrogens with zero attached hydrogens (tertiary/aromatic N) is 3. The third-order valence-electron chi connectivity index (χ3n) is 3.38. The SMILES string of the molecule is Cc1ccc(Oc2ccc([N+](=O)[O-])cc2F)c(-c2ccnc(Cl)n2)c1. The van der Waals surface area contributed by atoms with Gasteiger partial charge in [-0.05, 0) is 42.8 Å². The predicted molar refractivity (Wildman–Crippen MR) is 90.3 cm³/mol. The van der Waals surface area contributed by atoms with Crippen LogP contribution in [0.4, 0.5) is 10.1 Å². The van der Waals surface area contributed by atoms with Gasteiger partial charge >= 0.3 is 0 Å². The van der Waals surface area contributed by atoms with E-state index in [0.717, 1.165) is 11.6 Å². The minimum absolute atomic E-state index is 0.0754. The smallest absolute Gasteiger partial charge is 0.272 e. The van der Waals surface area contributed by atoms with Gasteiger partial charge in [-0.1, -0.05) is 11.6 Å². The first-order chi connectivity index (χ1) is 11.9. The van der Waals surface area contributed by atoms with Crippen LogP contribution in [0.2, 0.25) is 5.28 Å². The van der Waals surface area contributed by atoms with Gasteiger partial charge in [0.1, 0.15) is 5.75 Å². The molecule has 0 aliphatic heterocycles. The van der Waals surface area contributed by atoms with Crippen molar-refractivity contribution < 1.29 is 14.1 Å². The highest BCUT2D eigenvalue weighted by atomic mass is 35.5. The Morgan fingerprint density at radius 3 is 2.60 bits per heavy atom. The van der Waals surface area contributed by atoms with Crippen molar-refractivity contribution in [2.24, 2.45) is 0 Å².